The fraction of sp³-hybridized carbons (Fsp3) is 0.905. The molecule has 29 heavy (non-hydrogen) atoms. The Kier molecular flexibility index (Phi) is 21.0. The van der Waals surface area contributed by atoms with E-state index in [2.05, 4.69) is 23.6 Å². The molecule has 0 aromatic rings. The number of hydrogen-bond donors (Lipinski definition) is 1. The van der Waals surface area contributed by atoms with Crippen molar-refractivity contribution in [3.8, 4) is 0 Å². The van der Waals surface area contributed by atoms with Crippen molar-refractivity contribution < 1.29 is 79.7 Å². The summed E-state index contributed by atoms with van der Waals surface area (Å²) >= 11 is 0. The van der Waals surface area contributed by atoms with Gasteiger partial charge in [-0.05, 0) is 38.5 Å². The molecule has 1 saturated heterocycles. The predicted octanol–water partition coefficient (Wildman–Crippen LogP) is 2.25. The van der Waals surface area contributed by atoms with Crippen LogP contribution >= 0.6 is 7.82 Å². The average molecular weight is 459 g/mol. The zero-order valence-electron chi connectivity index (χ0n) is 18.6. The number of allylic oxidation sites excluding steroid dienone is 2. The molecule has 0 saturated carbocycles. The fourth-order valence-corrected chi connectivity index (χ4v) is 3.66. The van der Waals surface area contributed by atoms with Crippen LogP contribution in [0.4, 0.5) is 0 Å². The second-order valence-corrected chi connectivity index (χ2v) is 8.85. The van der Waals surface area contributed by atoms with Gasteiger partial charge in [-0.3, -0.25) is 4.57 Å². The first kappa shape index (κ1) is 30.4. The van der Waals surface area contributed by atoms with Gasteiger partial charge in [-0.2, -0.15) is 0 Å². The molecule has 0 bridgehead atoms. The van der Waals surface area contributed by atoms with Gasteiger partial charge in [0.2, 0.25) is 0 Å². The minimum atomic E-state index is -4.68. The van der Waals surface area contributed by atoms with Crippen molar-refractivity contribution in [2.24, 2.45) is 0 Å². The van der Waals surface area contributed by atoms with E-state index in [4.69, 9.17) is 14.4 Å². The first-order valence-corrected chi connectivity index (χ1v) is 12.6. The van der Waals surface area contributed by atoms with Gasteiger partial charge in [-0.15, -0.1) is 0 Å². The average Bonchev–Trinajstić information content (AvgIpc) is 3.10. The van der Waals surface area contributed by atoms with Gasteiger partial charge in [0.15, 0.2) is 6.29 Å². The van der Waals surface area contributed by atoms with Crippen LogP contribution in [0.5, 0.6) is 0 Å². The second-order valence-electron chi connectivity index (χ2n) is 7.66. The van der Waals surface area contributed by atoms with E-state index in [-0.39, 0.29) is 64.3 Å². The standard InChI is InChI=1S/C21H41O6P.K/c1-2-3-4-5-6-7-8-9-10-11-12-13-14-15-16-17-21-25-18-20(27-21)19-26-28(22,23)24;/h9-10,20-21H,2-8,11-19H2,1H3,(H2,22,23,24);/q;+1/p-1/b10-9-;. The van der Waals surface area contributed by atoms with Crippen molar-refractivity contribution >= 4 is 7.82 Å². The van der Waals surface area contributed by atoms with Crippen LogP contribution in [0.2, 0.25) is 0 Å². The maximum Gasteiger partial charge on any atom is 1.00 e. The van der Waals surface area contributed by atoms with E-state index in [1.165, 1.54) is 70.6 Å². The van der Waals surface area contributed by atoms with E-state index in [0.29, 0.717) is 6.61 Å². The van der Waals surface area contributed by atoms with E-state index in [1.54, 1.807) is 0 Å². The van der Waals surface area contributed by atoms with Gasteiger partial charge in [0, 0.05) is 0 Å². The maximum absolute atomic E-state index is 10.6. The molecule has 0 amide bonds. The minimum absolute atomic E-state index is 0. The van der Waals surface area contributed by atoms with Crippen LogP contribution in [-0.4, -0.2) is 30.5 Å². The first-order chi connectivity index (χ1) is 13.5. The summed E-state index contributed by atoms with van der Waals surface area (Å²) in [7, 11) is -4.68. The number of unbranched alkanes of at least 4 members (excludes halogenated alkanes) is 11. The van der Waals surface area contributed by atoms with Crippen LogP contribution in [0.1, 0.15) is 96.8 Å². The third-order valence-electron chi connectivity index (χ3n) is 4.94. The van der Waals surface area contributed by atoms with Crippen LogP contribution in [0.25, 0.3) is 0 Å². The summed E-state index contributed by atoms with van der Waals surface area (Å²) in [5.74, 6) is 0. The molecule has 6 nitrogen and oxygen atoms in total. The number of hydrogen-bond acceptors (Lipinski definition) is 5. The Hall–Kier alpha value is 1.41. The summed E-state index contributed by atoms with van der Waals surface area (Å²) in [5.41, 5.74) is 0. The van der Waals surface area contributed by atoms with E-state index < -0.39 is 13.9 Å². The van der Waals surface area contributed by atoms with Gasteiger partial charge in [-0.25, -0.2) is 0 Å². The van der Waals surface area contributed by atoms with Crippen molar-refractivity contribution in [1.82, 2.24) is 0 Å². The van der Waals surface area contributed by atoms with Crippen molar-refractivity contribution in [1.29, 1.82) is 0 Å². The molecule has 1 N–H and O–H groups in total. The smallest absolute Gasteiger partial charge is 0.756 e. The molecule has 3 atom stereocenters. The van der Waals surface area contributed by atoms with Crippen molar-refractivity contribution in [3.05, 3.63) is 12.2 Å². The third-order valence-corrected chi connectivity index (χ3v) is 5.41. The van der Waals surface area contributed by atoms with Gasteiger partial charge in [0.25, 0.3) is 7.82 Å². The molecule has 0 spiro atoms. The second kappa shape index (κ2) is 20.0. The van der Waals surface area contributed by atoms with Gasteiger partial charge < -0.3 is 23.8 Å². The van der Waals surface area contributed by atoms with Crippen LogP contribution in [0, 0.1) is 0 Å². The maximum atomic E-state index is 10.6. The van der Waals surface area contributed by atoms with E-state index in [9.17, 15) is 9.46 Å². The van der Waals surface area contributed by atoms with Crippen LogP contribution < -0.4 is 56.3 Å². The molecule has 0 aromatic heterocycles. The van der Waals surface area contributed by atoms with Gasteiger partial charge >= 0.3 is 51.4 Å². The van der Waals surface area contributed by atoms with Crippen molar-refractivity contribution in [2.45, 2.75) is 109 Å². The Labute approximate surface area is 220 Å². The van der Waals surface area contributed by atoms with Crippen molar-refractivity contribution in [2.75, 3.05) is 13.2 Å². The summed E-state index contributed by atoms with van der Waals surface area (Å²) in [4.78, 5) is 19.1. The first-order valence-electron chi connectivity index (χ1n) is 11.1. The Morgan fingerprint density at radius 1 is 1.00 bits per heavy atom. The number of rotatable bonds is 18. The molecular formula is C21H40KO6P. The SMILES string of the molecule is CCCCCCCC/C=C\CCCCCCCC1OCC(COP(=O)([O-])O)O1.[K+]. The molecule has 1 aliphatic rings. The summed E-state index contributed by atoms with van der Waals surface area (Å²) in [6, 6.07) is 0. The molecule has 3 unspecified atom stereocenters. The number of phosphoric ester groups is 1. The van der Waals surface area contributed by atoms with E-state index in [0.717, 1.165) is 19.3 Å². The zero-order valence-corrected chi connectivity index (χ0v) is 22.6. The number of ether oxygens (including phenoxy) is 2. The Bertz CT molecular complexity index is 443. The summed E-state index contributed by atoms with van der Waals surface area (Å²) < 4.78 is 25.9. The van der Waals surface area contributed by atoms with E-state index >= 15 is 0 Å². The van der Waals surface area contributed by atoms with Crippen LogP contribution in [0.15, 0.2) is 12.2 Å². The Balaban J connectivity index is 0.00000784. The van der Waals surface area contributed by atoms with Gasteiger partial charge in [0.1, 0.15) is 6.10 Å². The molecular weight excluding hydrogens is 418 g/mol. The molecule has 1 heterocycles. The quantitative estimate of drug-likeness (QED) is 0.147. The van der Waals surface area contributed by atoms with Crippen LogP contribution in [-0.2, 0) is 18.6 Å². The normalized spacial score (nSPS) is 21.3. The monoisotopic (exact) mass is 458 g/mol. The molecule has 0 aromatic carbocycles. The fourth-order valence-electron chi connectivity index (χ4n) is 3.31. The summed E-state index contributed by atoms with van der Waals surface area (Å²) in [6.07, 6.45) is 21.2. The predicted molar refractivity (Wildman–Crippen MR) is 110 cm³/mol. The van der Waals surface area contributed by atoms with Gasteiger partial charge in [-0.1, -0.05) is 70.4 Å². The third kappa shape index (κ3) is 19.8. The zero-order chi connectivity index (χ0) is 20.5. The topological polar surface area (TPSA) is 88.1 Å². The molecule has 1 rings (SSSR count). The largest absolute Gasteiger partial charge is 1.00 e. The summed E-state index contributed by atoms with van der Waals surface area (Å²) in [5, 5.41) is 0. The molecule has 1 aliphatic heterocycles. The molecule has 166 valence electrons. The summed E-state index contributed by atoms with van der Waals surface area (Å²) in [6.45, 7) is 2.36. The van der Waals surface area contributed by atoms with Gasteiger partial charge in [0.05, 0.1) is 13.2 Å². The molecule has 0 aliphatic carbocycles. The van der Waals surface area contributed by atoms with Crippen LogP contribution in [0.3, 0.4) is 0 Å². The van der Waals surface area contributed by atoms with Crippen molar-refractivity contribution in [3.63, 3.8) is 0 Å². The molecule has 8 heteroatoms. The number of phosphoric acid groups is 1. The minimum Gasteiger partial charge on any atom is -0.756 e. The Morgan fingerprint density at radius 3 is 2.14 bits per heavy atom. The Morgan fingerprint density at radius 2 is 1.55 bits per heavy atom. The molecule has 1 fully saturated rings. The molecule has 0 radical (unpaired) electrons. The van der Waals surface area contributed by atoms with E-state index in [1.807, 2.05) is 0 Å².